The molecular weight excluding hydrogens is 293 g/mol. The molecule has 0 saturated carbocycles. The van der Waals surface area contributed by atoms with Crippen molar-refractivity contribution in [3.05, 3.63) is 70.7 Å². The van der Waals surface area contributed by atoms with Crippen LogP contribution in [0.5, 0.6) is 0 Å². The number of halogens is 1. The van der Waals surface area contributed by atoms with Gasteiger partial charge in [0.25, 0.3) is 0 Å². The maximum atomic E-state index is 13.5. The first-order valence-corrected chi connectivity index (χ1v) is 7.52. The number of nitrogens with one attached hydrogen (secondary N) is 1. The Hall–Kier alpha value is -2.62. The summed E-state index contributed by atoms with van der Waals surface area (Å²) in [6.07, 6.45) is 1.84. The highest BCUT2D eigenvalue weighted by Gasteiger charge is 2.13. The van der Waals surface area contributed by atoms with Crippen molar-refractivity contribution < 1.29 is 13.6 Å². The molecule has 3 rings (SSSR count). The van der Waals surface area contributed by atoms with Crippen molar-refractivity contribution in [2.24, 2.45) is 0 Å². The van der Waals surface area contributed by atoms with Crippen molar-refractivity contribution in [1.82, 2.24) is 5.32 Å². The molecule has 0 bridgehead atoms. The van der Waals surface area contributed by atoms with Gasteiger partial charge in [0.05, 0.1) is 12.7 Å². The molecule has 0 aliphatic rings. The van der Waals surface area contributed by atoms with E-state index in [-0.39, 0.29) is 24.7 Å². The number of hydrogen-bond acceptors (Lipinski definition) is 2. The SMILES string of the molecule is Cc1ccc2c(CC(=O)NCc3ccccc3F)coc2c1C. The van der Waals surface area contributed by atoms with Gasteiger partial charge in [0.15, 0.2) is 0 Å². The Bertz CT molecular complexity index is 867. The third-order valence-electron chi connectivity index (χ3n) is 4.13. The summed E-state index contributed by atoms with van der Waals surface area (Å²) in [5.74, 6) is -0.471. The van der Waals surface area contributed by atoms with Gasteiger partial charge >= 0.3 is 0 Å². The van der Waals surface area contributed by atoms with E-state index in [2.05, 4.69) is 5.32 Å². The van der Waals surface area contributed by atoms with Gasteiger partial charge in [-0.05, 0) is 31.0 Å². The van der Waals surface area contributed by atoms with E-state index < -0.39 is 0 Å². The van der Waals surface area contributed by atoms with Crippen molar-refractivity contribution in [2.45, 2.75) is 26.8 Å². The lowest BCUT2D eigenvalue weighted by atomic mass is 10.0. The Morgan fingerprint density at radius 1 is 1.13 bits per heavy atom. The van der Waals surface area contributed by atoms with Crippen LogP contribution < -0.4 is 5.32 Å². The molecule has 2 aromatic carbocycles. The Balaban J connectivity index is 1.71. The largest absolute Gasteiger partial charge is 0.464 e. The summed E-state index contributed by atoms with van der Waals surface area (Å²) in [6.45, 7) is 4.21. The molecule has 23 heavy (non-hydrogen) atoms. The smallest absolute Gasteiger partial charge is 0.224 e. The summed E-state index contributed by atoms with van der Waals surface area (Å²) in [5.41, 5.74) is 4.38. The van der Waals surface area contributed by atoms with Crippen molar-refractivity contribution in [3.63, 3.8) is 0 Å². The fourth-order valence-corrected chi connectivity index (χ4v) is 2.60. The van der Waals surface area contributed by atoms with Crippen LogP contribution in [0.2, 0.25) is 0 Å². The monoisotopic (exact) mass is 311 g/mol. The van der Waals surface area contributed by atoms with Gasteiger partial charge in [0.1, 0.15) is 11.4 Å². The Labute approximate surface area is 134 Å². The molecule has 1 heterocycles. The summed E-state index contributed by atoms with van der Waals surface area (Å²) < 4.78 is 19.1. The number of furan rings is 1. The van der Waals surface area contributed by atoms with Gasteiger partial charge in [0.2, 0.25) is 5.91 Å². The lowest BCUT2D eigenvalue weighted by Gasteiger charge is -2.06. The van der Waals surface area contributed by atoms with Crippen LogP contribution in [0.3, 0.4) is 0 Å². The molecule has 0 spiro atoms. The number of carbonyl (C=O) groups is 1. The van der Waals surface area contributed by atoms with Crippen LogP contribution in [0, 0.1) is 19.7 Å². The number of carbonyl (C=O) groups excluding carboxylic acids is 1. The van der Waals surface area contributed by atoms with Crippen LogP contribution in [0.25, 0.3) is 11.0 Å². The van der Waals surface area contributed by atoms with E-state index in [1.807, 2.05) is 26.0 Å². The van der Waals surface area contributed by atoms with Crippen molar-refractivity contribution >= 4 is 16.9 Å². The number of hydrogen-bond donors (Lipinski definition) is 1. The van der Waals surface area contributed by atoms with Crippen LogP contribution in [0.15, 0.2) is 47.1 Å². The molecule has 0 atom stereocenters. The Morgan fingerprint density at radius 3 is 2.70 bits per heavy atom. The molecule has 0 unspecified atom stereocenters. The van der Waals surface area contributed by atoms with Crippen molar-refractivity contribution in [2.75, 3.05) is 0 Å². The van der Waals surface area contributed by atoms with E-state index in [9.17, 15) is 9.18 Å². The topological polar surface area (TPSA) is 42.2 Å². The van der Waals surface area contributed by atoms with Crippen molar-refractivity contribution in [3.8, 4) is 0 Å². The third kappa shape index (κ3) is 3.11. The quantitative estimate of drug-likeness (QED) is 0.790. The number of amides is 1. The van der Waals surface area contributed by atoms with E-state index in [1.54, 1.807) is 24.5 Å². The molecule has 3 nitrogen and oxygen atoms in total. The van der Waals surface area contributed by atoms with Gasteiger partial charge in [-0.25, -0.2) is 4.39 Å². The van der Waals surface area contributed by atoms with E-state index in [4.69, 9.17) is 4.42 Å². The highest BCUT2D eigenvalue weighted by molar-refractivity contribution is 5.89. The van der Waals surface area contributed by atoms with Crippen molar-refractivity contribution in [1.29, 1.82) is 0 Å². The van der Waals surface area contributed by atoms with Crippen LogP contribution in [-0.2, 0) is 17.8 Å². The minimum absolute atomic E-state index is 0.158. The predicted octanol–water partition coefficient (Wildman–Crippen LogP) is 4.05. The minimum atomic E-state index is -0.312. The Kier molecular flexibility index (Phi) is 4.15. The maximum Gasteiger partial charge on any atom is 0.224 e. The Morgan fingerprint density at radius 2 is 1.91 bits per heavy atom. The summed E-state index contributed by atoms with van der Waals surface area (Å²) in [5, 5.41) is 3.70. The van der Waals surface area contributed by atoms with E-state index in [0.717, 1.165) is 27.7 Å². The molecule has 118 valence electrons. The molecule has 1 aromatic heterocycles. The second-order valence-corrected chi connectivity index (χ2v) is 5.69. The molecule has 3 aromatic rings. The van der Waals surface area contributed by atoms with Crippen LogP contribution in [0.4, 0.5) is 4.39 Å². The number of fused-ring (bicyclic) bond motifs is 1. The van der Waals surface area contributed by atoms with Gasteiger partial charge in [-0.3, -0.25) is 4.79 Å². The summed E-state index contributed by atoms with van der Waals surface area (Å²) in [7, 11) is 0. The maximum absolute atomic E-state index is 13.5. The second-order valence-electron chi connectivity index (χ2n) is 5.69. The highest BCUT2D eigenvalue weighted by atomic mass is 19.1. The molecular formula is C19H18FNO2. The third-order valence-corrected chi connectivity index (χ3v) is 4.13. The first kappa shape index (κ1) is 15.3. The van der Waals surface area contributed by atoms with E-state index in [0.29, 0.717) is 5.56 Å². The zero-order valence-corrected chi connectivity index (χ0v) is 13.2. The fourth-order valence-electron chi connectivity index (χ4n) is 2.60. The zero-order chi connectivity index (χ0) is 16.4. The zero-order valence-electron chi connectivity index (χ0n) is 13.2. The normalized spacial score (nSPS) is 10.9. The molecule has 0 saturated heterocycles. The van der Waals surface area contributed by atoms with Gasteiger partial charge < -0.3 is 9.73 Å². The molecule has 4 heteroatoms. The van der Waals surface area contributed by atoms with Crippen LogP contribution >= 0.6 is 0 Å². The lowest BCUT2D eigenvalue weighted by molar-refractivity contribution is -0.120. The molecule has 0 aliphatic heterocycles. The van der Waals surface area contributed by atoms with Gasteiger partial charge in [-0.2, -0.15) is 0 Å². The standard InChI is InChI=1S/C19H18FNO2/c1-12-7-8-16-15(11-23-19(16)13(12)2)9-18(22)21-10-14-5-3-4-6-17(14)20/h3-8,11H,9-10H2,1-2H3,(H,21,22). The molecule has 0 fully saturated rings. The molecule has 1 amide bonds. The van der Waals surface area contributed by atoms with Gasteiger partial charge in [-0.15, -0.1) is 0 Å². The van der Waals surface area contributed by atoms with Crippen LogP contribution in [0.1, 0.15) is 22.3 Å². The first-order chi connectivity index (χ1) is 11.1. The van der Waals surface area contributed by atoms with Gasteiger partial charge in [-0.1, -0.05) is 30.3 Å². The number of rotatable bonds is 4. The minimum Gasteiger partial charge on any atom is -0.464 e. The second kappa shape index (κ2) is 6.24. The molecule has 1 N–H and O–H groups in total. The summed E-state index contributed by atoms with van der Waals surface area (Å²) in [6, 6.07) is 10.4. The summed E-state index contributed by atoms with van der Waals surface area (Å²) >= 11 is 0. The first-order valence-electron chi connectivity index (χ1n) is 7.52. The molecule has 0 aliphatic carbocycles. The van der Waals surface area contributed by atoms with E-state index >= 15 is 0 Å². The average molecular weight is 311 g/mol. The fraction of sp³-hybridized carbons (Fsp3) is 0.211. The van der Waals surface area contributed by atoms with Gasteiger partial charge in [0, 0.05) is 23.1 Å². The van der Waals surface area contributed by atoms with Crippen LogP contribution in [-0.4, -0.2) is 5.91 Å². The predicted molar refractivity (Wildman–Crippen MR) is 87.6 cm³/mol. The highest BCUT2D eigenvalue weighted by Crippen LogP contribution is 2.26. The lowest BCUT2D eigenvalue weighted by Crippen LogP contribution is -2.24. The molecule has 0 radical (unpaired) electrons. The van der Waals surface area contributed by atoms with E-state index in [1.165, 1.54) is 6.07 Å². The number of aryl methyl sites for hydroxylation is 2. The summed E-state index contributed by atoms with van der Waals surface area (Å²) in [4.78, 5) is 12.1. The average Bonchev–Trinajstić information content (AvgIpc) is 2.94. The number of benzene rings is 2.